The maximum Gasteiger partial charge on any atom is 0.184 e. The molecule has 1 saturated carbocycles. The van der Waals surface area contributed by atoms with E-state index in [1.54, 1.807) is 0 Å². The predicted octanol–water partition coefficient (Wildman–Crippen LogP) is 5.45. The number of hydrogen-bond donors (Lipinski definition) is 0. The van der Waals surface area contributed by atoms with Crippen molar-refractivity contribution in [1.82, 2.24) is 0 Å². The van der Waals surface area contributed by atoms with Gasteiger partial charge in [-0.1, -0.05) is 47.1 Å². The monoisotopic (exact) mass is 328 g/mol. The zero-order valence-corrected chi connectivity index (χ0v) is 16.5. The Morgan fingerprint density at radius 1 is 0.792 bits per heavy atom. The molecule has 2 rings (SSSR count). The van der Waals surface area contributed by atoms with Gasteiger partial charge in [-0.2, -0.15) is 0 Å². The largest absolute Gasteiger partial charge is 0.299 e. The number of allylic oxidation sites excluding steroid dienone is 6. The molecule has 1 fully saturated rings. The minimum atomic E-state index is -0.0468. The molecule has 2 nitrogen and oxygen atoms in total. The summed E-state index contributed by atoms with van der Waals surface area (Å²) in [6.07, 6.45) is 5.65. The highest BCUT2D eigenvalue weighted by Gasteiger charge is 2.44. The van der Waals surface area contributed by atoms with Crippen molar-refractivity contribution in [2.24, 2.45) is 22.7 Å². The molecule has 0 bridgehead atoms. The van der Waals surface area contributed by atoms with Gasteiger partial charge in [-0.05, 0) is 66.4 Å². The Hall–Kier alpha value is -1.44. The van der Waals surface area contributed by atoms with E-state index in [0.717, 1.165) is 29.6 Å². The number of Topliss-reactive ketones (excluding diaryl/α,β-unsaturated/α-hetero) is 2. The van der Waals surface area contributed by atoms with Crippen LogP contribution in [-0.4, -0.2) is 11.6 Å². The average molecular weight is 328 g/mol. The van der Waals surface area contributed by atoms with Gasteiger partial charge >= 0.3 is 0 Å². The molecule has 2 atom stereocenters. The molecular formula is C22H32O2. The summed E-state index contributed by atoms with van der Waals surface area (Å²) in [5.41, 5.74) is 3.99. The van der Waals surface area contributed by atoms with Gasteiger partial charge in [0.1, 0.15) is 5.78 Å². The minimum absolute atomic E-state index is 0.0398. The lowest BCUT2D eigenvalue weighted by molar-refractivity contribution is -0.135. The maximum atomic E-state index is 13.1. The minimum Gasteiger partial charge on any atom is -0.299 e. The van der Waals surface area contributed by atoms with Crippen LogP contribution in [0.2, 0.25) is 0 Å². The number of ketones is 2. The summed E-state index contributed by atoms with van der Waals surface area (Å²) < 4.78 is 0. The lowest BCUT2D eigenvalue weighted by Gasteiger charge is -2.42. The van der Waals surface area contributed by atoms with Crippen molar-refractivity contribution in [3.8, 4) is 0 Å². The third-order valence-corrected chi connectivity index (χ3v) is 5.55. The van der Waals surface area contributed by atoms with Crippen molar-refractivity contribution in [3.63, 3.8) is 0 Å². The first kappa shape index (κ1) is 18.9. The second kappa shape index (κ2) is 6.13. The first-order valence-corrected chi connectivity index (χ1v) is 8.99. The fourth-order valence-electron chi connectivity index (χ4n) is 3.88. The van der Waals surface area contributed by atoms with Crippen LogP contribution in [0, 0.1) is 22.7 Å². The molecule has 132 valence electrons. The van der Waals surface area contributed by atoms with Crippen molar-refractivity contribution < 1.29 is 9.59 Å². The molecule has 2 unspecified atom stereocenters. The molecule has 0 aromatic rings. The molecular weight excluding hydrogens is 296 g/mol. The number of rotatable bonds is 0. The molecule has 0 saturated heterocycles. The lowest BCUT2D eigenvalue weighted by Crippen LogP contribution is -2.42. The molecule has 0 aromatic carbocycles. The Balaban J connectivity index is 2.54. The van der Waals surface area contributed by atoms with Gasteiger partial charge in [0.25, 0.3) is 0 Å². The quantitative estimate of drug-likeness (QED) is 0.593. The lowest BCUT2D eigenvalue weighted by atomic mass is 9.60. The summed E-state index contributed by atoms with van der Waals surface area (Å²) in [4.78, 5) is 25.2. The third-order valence-electron chi connectivity index (χ3n) is 5.55. The average Bonchev–Trinajstić information content (AvgIpc) is 2.41. The van der Waals surface area contributed by atoms with Crippen molar-refractivity contribution in [3.05, 3.63) is 34.4 Å². The summed E-state index contributed by atoms with van der Waals surface area (Å²) in [5, 5.41) is 0. The van der Waals surface area contributed by atoms with E-state index in [2.05, 4.69) is 41.5 Å². The smallest absolute Gasteiger partial charge is 0.184 e. The third kappa shape index (κ3) is 3.63. The molecule has 0 spiro atoms. The van der Waals surface area contributed by atoms with Gasteiger partial charge in [0, 0.05) is 11.8 Å². The Morgan fingerprint density at radius 3 is 1.50 bits per heavy atom. The highest BCUT2D eigenvalue weighted by atomic mass is 16.1. The maximum absolute atomic E-state index is 13.1. The Kier molecular flexibility index (Phi) is 4.82. The van der Waals surface area contributed by atoms with Crippen molar-refractivity contribution in [1.29, 1.82) is 0 Å². The molecule has 2 heteroatoms. The van der Waals surface area contributed by atoms with Crippen LogP contribution in [-0.2, 0) is 9.59 Å². The van der Waals surface area contributed by atoms with Crippen LogP contribution in [0.3, 0.4) is 0 Å². The van der Waals surface area contributed by atoms with Crippen molar-refractivity contribution in [2.75, 3.05) is 0 Å². The Labute approximate surface area is 147 Å². The Bertz CT molecular complexity index is 605. The molecule has 0 aromatic heterocycles. The zero-order chi connectivity index (χ0) is 18.4. The molecule has 0 amide bonds. The summed E-state index contributed by atoms with van der Waals surface area (Å²) >= 11 is 0. The number of carbonyl (C=O) groups is 2. The zero-order valence-electron chi connectivity index (χ0n) is 16.5. The normalized spacial score (nSPS) is 26.5. The van der Waals surface area contributed by atoms with E-state index >= 15 is 0 Å². The Morgan fingerprint density at radius 2 is 1.17 bits per heavy atom. The van der Waals surface area contributed by atoms with Gasteiger partial charge in [0.05, 0.1) is 0 Å². The molecule has 0 radical (unpaired) electrons. The van der Waals surface area contributed by atoms with Crippen LogP contribution in [0.25, 0.3) is 0 Å². The van der Waals surface area contributed by atoms with Gasteiger partial charge in [-0.3, -0.25) is 9.59 Å². The van der Waals surface area contributed by atoms with E-state index in [1.807, 2.05) is 26.0 Å². The van der Waals surface area contributed by atoms with E-state index < -0.39 is 0 Å². The van der Waals surface area contributed by atoms with Gasteiger partial charge in [0.2, 0.25) is 0 Å². The van der Waals surface area contributed by atoms with E-state index in [4.69, 9.17) is 0 Å². The SMILES string of the molecule is CC1=CC(=C2CC(C(C)(C)C)C(=O)C(C(C)(C)C)C2)C=C(C)C1=O. The summed E-state index contributed by atoms with van der Waals surface area (Å²) in [6.45, 7) is 16.7. The first-order valence-electron chi connectivity index (χ1n) is 8.99. The van der Waals surface area contributed by atoms with Crippen LogP contribution in [0.5, 0.6) is 0 Å². The number of carbonyl (C=O) groups excluding carboxylic acids is 2. The van der Waals surface area contributed by atoms with Gasteiger partial charge < -0.3 is 0 Å². The van der Waals surface area contributed by atoms with E-state index in [0.29, 0.717) is 5.78 Å². The molecule has 0 aliphatic heterocycles. The topological polar surface area (TPSA) is 34.1 Å². The van der Waals surface area contributed by atoms with Crippen LogP contribution in [0.4, 0.5) is 0 Å². The second-order valence-electron chi connectivity index (χ2n) is 9.69. The van der Waals surface area contributed by atoms with E-state index in [-0.39, 0.29) is 28.4 Å². The summed E-state index contributed by atoms with van der Waals surface area (Å²) in [7, 11) is 0. The van der Waals surface area contributed by atoms with Crippen LogP contribution in [0.1, 0.15) is 68.2 Å². The fourth-order valence-corrected chi connectivity index (χ4v) is 3.88. The molecule has 0 heterocycles. The van der Waals surface area contributed by atoms with Crippen molar-refractivity contribution in [2.45, 2.75) is 68.2 Å². The molecule has 24 heavy (non-hydrogen) atoms. The second-order valence-corrected chi connectivity index (χ2v) is 9.69. The van der Waals surface area contributed by atoms with Crippen LogP contribution in [0.15, 0.2) is 34.4 Å². The summed E-state index contributed by atoms with van der Waals surface area (Å²) in [5.74, 6) is 0.620. The first-order chi connectivity index (χ1) is 10.8. The van der Waals surface area contributed by atoms with Crippen LogP contribution < -0.4 is 0 Å². The van der Waals surface area contributed by atoms with Gasteiger partial charge in [0.15, 0.2) is 5.78 Å². The molecule has 2 aliphatic carbocycles. The van der Waals surface area contributed by atoms with E-state index in [1.165, 1.54) is 5.57 Å². The van der Waals surface area contributed by atoms with Crippen molar-refractivity contribution >= 4 is 11.6 Å². The fraction of sp³-hybridized carbons (Fsp3) is 0.636. The van der Waals surface area contributed by atoms with E-state index in [9.17, 15) is 9.59 Å². The molecule has 2 aliphatic rings. The van der Waals surface area contributed by atoms with Gasteiger partial charge in [-0.25, -0.2) is 0 Å². The highest BCUT2D eigenvalue weighted by molar-refractivity contribution is 6.09. The standard InChI is InChI=1S/C22H32O2/c1-13-9-15(10-14(2)19(13)23)16-11-17(21(3,4)5)20(24)18(12-16)22(6,7)8/h9-10,17-18H,11-12H2,1-8H3. The molecule has 0 N–H and O–H groups in total. The predicted molar refractivity (Wildman–Crippen MR) is 99.7 cm³/mol. The highest BCUT2D eigenvalue weighted by Crippen LogP contribution is 2.47. The van der Waals surface area contributed by atoms with Crippen LogP contribution >= 0.6 is 0 Å². The van der Waals surface area contributed by atoms with Gasteiger partial charge in [-0.15, -0.1) is 0 Å². The number of hydrogen-bond acceptors (Lipinski definition) is 2. The summed E-state index contributed by atoms with van der Waals surface area (Å²) in [6, 6.07) is 0.